The number of benzene rings is 1. The van der Waals surface area contributed by atoms with E-state index in [4.69, 9.17) is 9.47 Å². The monoisotopic (exact) mass is 341 g/mol. The molecule has 1 N–H and O–H groups in total. The molecule has 1 heterocycles. The molecule has 0 bridgehead atoms. The number of hydrogen-bond acceptors (Lipinski definition) is 4. The predicted octanol–water partition coefficient (Wildman–Crippen LogP) is 3.48. The topological polar surface area (TPSA) is 41.9 Å². The standard InChI is InChI=1S/C21H27NO3/c1-4-10-22-11-9-16-14-17(24-2)6-7-18(16)19(22)12-15-5-8-21(25-3)20(23)13-15/h4-5,7-8,13-14,17,19,23H,1,6,9-12H2,2-3H3. The lowest BCUT2D eigenvalue weighted by molar-refractivity contribution is 0.138. The molecule has 1 fully saturated rings. The second kappa shape index (κ2) is 7.89. The number of aromatic hydroxyl groups is 1. The van der Waals surface area contributed by atoms with Gasteiger partial charge in [0, 0.05) is 26.2 Å². The van der Waals surface area contributed by atoms with Gasteiger partial charge in [0.1, 0.15) is 0 Å². The Morgan fingerprint density at radius 3 is 2.88 bits per heavy atom. The minimum atomic E-state index is 0.190. The molecule has 2 aliphatic rings. The number of methoxy groups -OCH3 is 2. The third-order valence-corrected chi connectivity index (χ3v) is 5.13. The first kappa shape index (κ1) is 17.8. The average Bonchev–Trinajstić information content (AvgIpc) is 2.63. The number of fused-ring (bicyclic) bond motifs is 1. The normalized spacial score (nSPS) is 23.4. The largest absolute Gasteiger partial charge is 0.504 e. The van der Waals surface area contributed by atoms with E-state index < -0.39 is 0 Å². The van der Waals surface area contributed by atoms with E-state index in [1.54, 1.807) is 14.2 Å². The molecular weight excluding hydrogens is 314 g/mol. The van der Waals surface area contributed by atoms with Crippen molar-refractivity contribution in [3.63, 3.8) is 0 Å². The van der Waals surface area contributed by atoms with Crippen molar-refractivity contribution in [2.75, 3.05) is 27.3 Å². The first-order chi connectivity index (χ1) is 12.2. The Morgan fingerprint density at radius 1 is 1.36 bits per heavy atom. The zero-order valence-corrected chi connectivity index (χ0v) is 15.1. The van der Waals surface area contributed by atoms with Gasteiger partial charge in [-0.05, 0) is 48.1 Å². The molecule has 1 aliphatic heterocycles. The Hall–Kier alpha value is -2.04. The van der Waals surface area contributed by atoms with E-state index in [1.165, 1.54) is 11.1 Å². The molecule has 0 radical (unpaired) electrons. The van der Waals surface area contributed by atoms with E-state index in [1.807, 2.05) is 24.3 Å². The molecule has 1 aliphatic carbocycles. The maximum Gasteiger partial charge on any atom is 0.160 e. The van der Waals surface area contributed by atoms with Gasteiger partial charge in [-0.3, -0.25) is 4.90 Å². The molecule has 0 saturated carbocycles. The fraction of sp³-hybridized carbons (Fsp3) is 0.429. The number of ether oxygens (including phenoxy) is 2. The molecule has 0 amide bonds. The molecule has 134 valence electrons. The van der Waals surface area contributed by atoms with Crippen LogP contribution in [0.1, 0.15) is 18.4 Å². The van der Waals surface area contributed by atoms with Crippen LogP contribution in [0.5, 0.6) is 11.5 Å². The quantitative estimate of drug-likeness (QED) is 0.805. The summed E-state index contributed by atoms with van der Waals surface area (Å²) in [5, 5.41) is 10.1. The first-order valence-electron chi connectivity index (χ1n) is 8.81. The summed E-state index contributed by atoms with van der Waals surface area (Å²) in [6.45, 7) is 5.79. The van der Waals surface area contributed by atoms with Gasteiger partial charge in [-0.25, -0.2) is 0 Å². The zero-order valence-electron chi connectivity index (χ0n) is 15.1. The van der Waals surface area contributed by atoms with E-state index in [0.29, 0.717) is 11.8 Å². The lowest BCUT2D eigenvalue weighted by Crippen LogP contribution is -2.44. The molecule has 1 aromatic rings. The summed E-state index contributed by atoms with van der Waals surface area (Å²) in [6, 6.07) is 5.97. The number of hydrogen-bond donors (Lipinski definition) is 1. The summed E-state index contributed by atoms with van der Waals surface area (Å²) in [5.41, 5.74) is 3.91. The van der Waals surface area contributed by atoms with Gasteiger partial charge >= 0.3 is 0 Å². The minimum Gasteiger partial charge on any atom is -0.504 e. The highest BCUT2D eigenvalue weighted by Gasteiger charge is 2.31. The number of rotatable bonds is 6. The van der Waals surface area contributed by atoms with E-state index >= 15 is 0 Å². The summed E-state index contributed by atoms with van der Waals surface area (Å²) in [5.74, 6) is 0.703. The lowest BCUT2D eigenvalue weighted by atomic mass is 9.82. The minimum absolute atomic E-state index is 0.190. The van der Waals surface area contributed by atoms with Crippen LogP contribution in [-0.4, -0.2) is 49.5 Å². The van der Waals surface area contributed by atoms with Crippen LogP contribution in [0.2, 0.25) is 0 Å². The smallest absolute Gasteiger partial charge is 0.160 e. The van der Waals surface area contributed by atoms with Crippen molar-refractivity contribution in [3.8, 4) is 11.5 Å². The van der Waals surface area contributed by atoms with Gasteiger partial charge in [0.2, 0.25) is 0 Å². The number of nitrogens with zero attached hydrogens (tertiary/aromatic N) is 1. The molecular formula is C21H27NO3. The summed E-state index contributed by atoms with van der Waals surface area (Å²) in [7, 11) is 3.34. The number of likely N-dealkylation sites (tertiary alicyclic amines) is 1. The molecule has 0 aromatic heterocycles. The molecule has 1 aromatic carbocycles. The van der Waals surface area contributed by atoms with Crippen molar-refractivity contribution < 1.29 is 14.6 Å². The highest BCUT2D eigenvalue weighted by molar-refractivity contribution is 5.45. The molecule has 4 heteroatoms. The SMILES string of the molecule is C=CCN1CCC2=CC(OC)CC=C2C1Cc1ccc(OC)c(O)c1. The van der Waals surface area contributed by atoms with E-state index in [2.05, 4.69) is 23.6 Å². The van der Waals surface area contributed by atoms with Crippen molar-refractivity contribution in [2.24, 2.45) is 0 Å². The van der Waals surface area contributed by atoms with Crippen molar-refractivity contribution >= 4 is 0 Å². The molecule has 0 spiro atoms. The van der Waals surface area contributed by atoms with Crippen molar-refractivity contribution in [1.29, 1.82) is 0 Å². The Bertz CT molecular complexity index is 692. The van der Waals surface area contributed by atoms with Gasteiger partial charge in [0.05, 0.1) is 13.2 Å². The van der Waals surface area contributed by atoms with Gasteiger partial charge in [-0.15, -0.1) is 6.58 Å². The van der Waals surface area contributed by atoms with Crippen LogP contribution in [-0.2, 0) is 11.2 Å². The molecule has 4 nitrogen and oxygen atoms in total. The molecule has 3 rings (SSSR count). The summed E-state index contributed by atoms with van der Waals surface area (Å²) >= 11 is 0. The highest BCUT2D eigenvalue weighted by atomic mass is 16.5. The zero-order chi connectivity index (χ0) is 17.8. The van der Waals surface area contributed by atoms with Gasteiger partial charge in [-0.1, -0.05) is 24.3 Å². The van der Waals surface area contributed by atoms with E-state index in [0.717, 1.165) is 37.9 Å². The third-order valence-electron chi connectivity index (χ3n) is 5.13. The van der Waals surface area contributed by atoms with Crippen molar-refractivity contribution in [2.45, 2.75) is 31.4 Å². The van der Waals surface area contributed by atoms with Crippen molar-refractivity contribution in [3.05, 3.63) is 59.7 Å². The van der Waals surface area contributed by atoms with E-state index in [9.17, 15) is 5.11 Å². The van der Waals surface area contributed by atoms with Crippen LogP contribution in [0, 0.1) is 0 Å². The second-order valence-electron chi connectivity index (χ2n) is 6.62. The van der Waals surface area contributed by atoms with E-state index in [-0.39, 0.29) is 11.9 Å². The number of phenolic OH excluding ortho intramolecular Hbond substituents is 1. The Balaban J connectivity index is 1.86. The lowest BCUT2D eigenvalue weighted by Gasteiger charge is -2.40. The van der Waals surface area contributed by atoms with Crippen LogP contribution in [0.15, 0.2) is 54.2 Å². The molecule has 2 unspecified atom stereocenters. The Labute approximate surface area is 150 Å². The fourth-order valence-corrected chi connectivity index (χ4v) is 3.83. The summed E-state index contributed by atoms with van der Waals surface area (Å²) < 4.78 is 10.7. The molecule has 1 saturated heterocycles. The summed E-state index contributed by atoms with van der Waals surface area (Å²) in [6.07, 6.45) is 9.58. The van der Waals surface area contributed by atoms with Gasteiger partial charge in [-0.2, -0.15) is 0 Å². The maximum absolute atomic E-state index is 10.1. The van der Waals surface area contributed by atoms with Crippen LogP contribution >= 0.6 is 0 Å². The van der Waals surface area contributed by atoms with Crippen molar-refractivity contribution in [1.82, 2.24) is 4.90 Å². The number of phenols is 1. The van der Waals surface area contributed by atoms with Crippen LogP contribution in [0.4, 0.5) is 0 Å². The Kier molecular flexibility index (Phi) is 5.61. The van der Waals surface area contributed by atoms with Crippen LogP contribution in [0.3, 0.4) is 0 Å². The highest BCUT2D eigenvalue weighted by Crippen LogP contribution is 2.35. The second-order valence-corrected chi connectivity index (χ2v) is 6.62. The molecule has 25 heavy (non-hydrogen) atoms. The number of piperidine rings is 1. The predicted molar refractivity (Wildman–Crippen MR) is 100 cm³/mol. The van der Waals surface area contributed by atoms with Gasteiger partial charge in [0.15, 0.2) is 11.5 Å². The van der Waals surface area contributed by atoms with Gasteiger partial charge < -0.3 is 14.6 Å². The third kappa shape index (κ3) is 3.80. The average molecular weight is 341 g/mol. The maximum atomic E-state index is 10.1. The Morgan fingerprint density at radius 2 is 2.20 bits per heavy atom. The van der Waals surface area contributed by atoms with Gasteiger partial charge in [0.25, 0.3) is 0 Å². The molecule has 2 atom stereocenters. The first-order valence-corrected chi connectivity index (χ1v) is 8.81. The fourth-order valence-electron chi connectivity index (χ4n) is 3.83. The van der Waals surface area contributed by atoms with Crippen LogP contribution in [0.25, 0.3) is 0 Å². The summed E-state index contributed by atoms with van der Waals surface area (Å²) in [4.78, 5) is 2.46. The van der Waals surface area contributed by atoms with Crippen LogP contribution < -0.4 is 4.74 Å².